The summed E-state index contributed by atoms with van der Waals surface area (Å²) < 4.78 is 5.15. The molecule has 11 heteroatoms. The molecule has 0 saturated carbocycles. The maximum Gasteiger partial charge on any atom is 0.272 e. The van der Waals surface area contributed by atoms with E-state index in [0.29, 0.717) is 33.8 Å². The Bertz CT molecular complexity index is 1630. The number of aromatic nitrogens is 5. The van der Waals surface area contributed by atoms with E-state index in [1.807, 2.05) is 18.2 Å². The van der Waals surface area contributed by atoms with Crippen molar-refractivity contribution in [2.45, 2.75) is 6.42 Å². The number of nitriles is 1. The molecular weight excluding hydrogens is 472 g/mol. The Morgan fingerprint density at radius 3 is 2.59 bits per heavy atom. The van der Waals surface area contributed by atoms with E-state index >= 15 is 0 Å². The Hall–Kier alpha value is -5.50. The summed E-state index contributed by atoms with van der Waals surface area (Å²) in [5.41, 5.74) is 3.60. The zero-order valence-electron chi connectivity index (χ0n) is 19.6. The van der Waals surface area contributed by atoms with E-state index in [0.717, 1.165) is 16.7 Å². The fourth-order valence-corrected chi connectivity index (χ4v) is 3.89. The van der Waals surface area contributed by atoms with Gasteiger partial charge in [0.15, 0.2) is 5.82 Å². The molecule has 0 spiro atoms. The Balaban J connectivity index is 1.36. The summed E-state index contributed by atoms with van der Waals surface area (Å²) in [5.74, 6) is 0.425. The van der Waals surface area contributed by atoms with E-state index in [4.69, 9.17) is 4.74 Å². The lowest BCUT2D eigenvalue weighted by Crippen LogP contribution is -2.15. The lowest BCUT2D eigenvalue weighted by molar-refractivity contribution is -0.115. The molecule has 2 heterocycles. The molecule has 4 N–H and O–H groups in total. The standard InChI is InChI=1S/C26H20N8O3/c1-37-18-8-5-15(6-9-18)12-23(35)28-21-4-2-3-17-13-22(29-24(17)21)26(36)30-20-10-7-16(14-27)11-19(20)25-31-33-34-32-25/h2-11,13,29H,12H2,1H3,(H,28,35)(H,30,36)(H,31,32,33,34). The molecule has 0 saturated heterocycles. The number of H-pyrrole nitrogens is 2. The highest BCUT2D eigenvalue weighted by Crippen LogP contribution is 2.28. The molecule has 0 radical (unpaired) electrons. The molecule has 3 aromatic carbocycles. The maximum absolute atomic E-state index is 13.1. The monoisotopic (exact) mass is 492 g/mol. The van der Waals surface area contributed by atoms with Gasteiger partial charge in [0.25, 0.3) is 5.91 Å². The quantitative estimate of drug-likeness (QED) is 0.269. The third-order valence-corrected chi connectivity index (χ3v) is 5.70. The summed E-state index contributed by atoms with van der Waals surface area (Å²) in [6, 6.07) is 21.2. The largest absolute Gasteiger partial charge is 0.497 e. The smallest absolute Gasteiger partial charge is 0.272 e. The Labute approximate surface area is 210 Å². The second kappa shape index (κ2) is 10.0. The predicted octanol–water partition coefficient (Wildman–Crippen LogP) is 3.66. The van der Waals surface area contributed by atoms with Gasteiger partial charge in [-0.15, -0.1) is 5.10 Å². The molecule has 0 aliphatic rings. The maximum atomic E-state index is 13.1. The molecule has 2 amide bonds. The first-order chi connectivity index (χ1) is 18.0. The number of fused-ring (bicyclic) bond motifs is 1. The van der Waals surface area contributed by atoms with Crippen molar-refractivity contribution in [1.29, 1.82) is 5.26 Å². The minimum atomic E-state index is -0.412. The molecular formula is C26H20N8O3. The average molecular weight is 492 g/mol. The minimum Gasteiger partial charge on any atom is -0.497 e. The number of methoxy groups -OCH3 is 1. The van der Waals surface area contributed by atoms with Crippen LogP contribution in [-0.2, 0) is 11.2 Å². The first-order valence-electron chi connectivity index (χ1n) is 11.2. The van der Waals surface area contributed by atoms with Gasteiger partial charge < -0.3 is 20.4 Å². The van der Waals surface area contributed by atoms with Crippen LogP contribution in [0.4, 0.5) is 11.4 Å². The van der Waals surface area contributed by atoms with Crippen LogP contribution in [0.2, 0.25) is 0 Å². The molecule has 2 aromatic heterocycles. The van der Waals surface area contributed by atoms with Gasteiger partial charge in [0.1, 0.15) is 11.4 Å². The van der Waals surface area contributed by atoms with Crippen molar-refractivity contribution in [1.82, 2.24) is 25.6 Å². The number of benzene rings is 3. The molecule has 0 atom stereocenters. The number of hydrogen-bond acceptors (Lipinski definition) is 7. The highest BCUT2D eigenvalue weighted by molar-refractivity contribution is 6.09. The number of rotatable bonds is 7. The van der Waals surface area contributed by atoms with Gasteiger partial charge in [-0.05, 0) is 58.5 Å². The van der Waals surface area contributed by atoms with Crippen molar-refractivity contribution in [2.24, 2.45) is 0 Å². The van der Waals surface area contributed by atoms with Crippen molar-refractivity contribution >= 4 is 34.1 Å². The molecule has 182 valence electrons. The third kappa shape index (κ3) is 4.98. The van der Waals surface area contributed by atoms with Gasteiger partial charge >= 0.3 is 0 Å². The topological polar surface area (TPSA) is 161 Å². The number of carbonyl (C=O) groups is 2. The summed E-state index contributed by atoms with van der Waals surface area (Å²) in [5, 5.41) is 29.4. The first-order valence-corrected chi connectivity index (χ1v) is 11.2. The van der Waals surface area contributed by atoms with Gasteiger partial charge in [0, 0.05) is 10.9 Å². The summed E-state index contributed by atoms with van der Waals surface area (Å²) in [6.45, 7) is 0. The van der Waals surface area contributed by atoms with E-state index in [2.05, 4.69) is 42.3 Å². The lowest BCUT2D eigenvalue weighted by atomic mass is 10.1. The van der Waals surface area contributed by atoms with Crippen LogP contribution >= 0.6 is 0 Å². The van der Waals surface area contributed by atoms with Gasteiger partial charge in [-0.25, -0.2) is 5.10 Å². The normalized spacial score (nSPS) is 10.6. The van der Waals surface area contributed by atoms with E-state index in [-0.39, 0.29) is 18.0 Å². The zero-order valence-corrected chi connectivity index (χ0v) is 19.6. The Morgan fingerprint density at radius 1 is 1.03 bits per heavy atom. The van der Waals surface area contributed by atoms with Crippen molar-refractivity contribution in [3.8, 4) is 23.2 Å². The van der Waals surface area contributed by atoms with Gasteiger partial charge in [-0.2, -0.15) is 5.26 Å². The number of anilines is 2. The molecule has 5 aromatic rings. The summed E-state index contributed by atoms with van der Waals surface area (Å²) in [7, 11) is 1.59. The summed E-state index contributed by atoms with van der Waals surface area (Å²) in [6.07, 6.45) is 0.187. The van der Waals surface area contributed by atoms with Crippen LogP contribution < -0.4 is 15.4 Å². The van der Waals surface area contributed by atoms with Crippen LogP contribution in [0, 0.1) is 11.3 Å². The van der Waals surface area contributed by atoms with Gasteiger partial charge in [0.05, 0.1) is 42.1 Å². The Kier molecular flexibility index (Phi) is 6.29. The van der Waals surface area contributed by atoms with Crippen LogP contribution in [0.5, 0.6) is 5.75 Å². The van der Waals surface area contributed by atoms with E-state index in [9.17, 15) is 14.9 Å². The number of ether oxygens (including phenoxy) is 1. The summed E-state index contributed by atoms with van der Waals surface area (Å²) >= 11 is 0. The number of amides is 2. The molecule has 0 aliphatic carbocycles. The van der Waals surface area contributed by atoms with Crippen molar-refractivity contribution in [3.05, 3.63) is 83.6 Å². The number of carbonyl (C=O) groups excluding carboxylic acids is 2. The van der Waals surface area contributed by atoms with Crippen LogP contribution in [0.3, 0.4) is 0 Å². The fraction of sp³-hybridized carbons (Fsp3) is 0.0769. The number of nitrogens with one attached hydrogen (secondary N) is 4. The van der Waals surface area contributed by atoms with Crippen LogP contribution in [0.25, 0.3) is 22.3 Å². The third-order valence-electron chi connectivity index (χ3n) is 5.70. The second-order valence-corrected chi connectivity index (χ2v) is 8.10. The molecule has 11 nitrogen and oxygen atoms in total. The van der Waals surface area contributed by atoms with Crippen molar-refractivity contribution in [2.75, 3.05) is 17.7 Å². The molecule has 5 rings (SSSR count). The molecule has 0 bridgehead atoms. The van der Waals surface area contributed by atoms with E-state index in [1.54, 1.807) is 55.6 Å². The summed E-state index contributed by atoms with van der Waals surface area (Å²) in [4.78, 5) is 28.9. The number of aromatic amines is 2. The van der Waals surface area contributed by atoms with Crippen LogP contribution in [0.1, 0.15) is 21.6 Å². The molecule has 0 unspecified atom stereocenters. The highest BCUT2D eigenvalue weighted by Gasteiger charge is 2.17. The SMILES string of the molecule is COc1ccc(CC(=O)Nc2cccc3cc(C(=O)Nc4ccc(C#N)cc4-c4nnn[nH]4)[nH]c23)cc1. The molecule has 0 fully saturated rings. The average Bonchev–Trinajstić information content (AvgIpc) is 3.60. The minimum absolute atomic E-state index is 0.187. The van der Waals surface area contributed by atoms with Crippen LogP contribution in [0.15, 0.2) is 66.7 Å². The molecule has 0 aliphatic heterocycles. The van der Waals surface area contributed by atoms with Gasteiger partial charge in [0.2, 0.25) is 5.91 Å². The lowest BCUT2D eigenvalue weighted by Gasteiger charge is -2.09. The first kappa shape index (κ1) is 23.3. The van der Waals surface area contributed by atoms with Gasteiger partial charge in [-0.1, -0.05) is 24.3 Å². The number of para-hydroxylation sites is 1. The van der Waals surface area contributed by atoms with Crippen LogP contribution in [-0.4, -0.2) is 44.5 Å². The number of hydrogen-bond donors (Lipinski definition) is 4. The number of tetrazole rings is 1. The zero-order chi connectivity index (χ0) is 25.8. The van der Waals surface area contributed by atoms with Gasteiger partial charge in [-0.3, -0.25) is 9.59 Å². The second-order valence-electron chi connectivity index (χ2n) is 8.10. The van der Waals surface area contributed by atoms with E-state index in [1.165, 1.54) is 0 Å². The number of nitrogens with zero attached hydrogens (tertiary/aromatic N) is 4. The fourth-order valence-electron chi connectivity index (χ4n) is 3.89. The van der Waals surface area contributed by atoms with Crippen molar-refractivity contribution in [3.63, 3.8) is 0 Å². The Morgan fingerprint density at radius 2 is 1.86 bits per heavy atom. The molecule has 37 heavy (non-hydrogen) atoms. The highest BCUT2D eigenvalue weighted by atomic mass is 16.5. The predicted molar refractivity (Wildman–Crippen MR) is 136 cm³/mol. The van der Waals surface area contributed by atoms with Crippen molar-refractivity contribution < 1.29 is 14.3 Å². The van der Waals surface area contributed by atoms with E-state index < -0.39 is 5.91 Å².